The molecule has 0 unspecified atom stereocenters. The van der Waals surface area contributed by atoms with Gasteiger partial charge < -0.3 is 8.98 Å². The summed E-state index contributed by atoms with van der Waals surface area (Å²) in [5.74, 6) is 1.70. The molecule has 6 nitrogen and oxygen atoms in total. The van der Waals surface area contributed by atoms with E-state index in [4.69, 9.17) is 19.4 Å². The lowest BCUT2D eigenvalue weighted by atomic mass is 10.0. The normalized spacial score (nSPS) is 11.9. The zero-order valence-electron chi connectivity index (χ0n) is 30.5. The molecule has 12 aromatic rings. The minimum absolute atomic E-state index is 0.548. The molecular formula is C51H31N5O. The zero-order chi connectivity index (χ0) is 37.5. The van der Waals surface area contributed by atoms with E-state index in [1.807, 2.05) is 24.3 Å². The summed E-state index contributed by atoms with van der Waals surface area (Å²) in [7, 11) is 0. The molecule has 0 aliphatic rings. The van der Waals surface area contributed by atoms with Crippen LogP contribution in [0.15, 0.2) is 192 Å². The van der Waals surface area contributed by atoms with E-state index in [0.29, 0.717) is 17.6 Å². The highest BCUT2D eigenvalue weighted by atomic mass is 16.3. The molecule has 0 aliphatic carbocycles. The summed E-state index contributed by atoms with van der Waals surface area (Å²) in [6.45, 7) is 0. The summed E-state index contributed by atoms with van der Waals surface area (Å²) in [6, 6.07) is 65.4. The van der Waals surface area contributed by atoms with Crippen LogP contribution in [-0.2, 0) is 0 Å². The van der Waals surface area contributed by atoms with Crippen molar-refractivity contribution < 1.29 is 4.42 Å². The summed E-state index contributed by atoms with van der Waals surface area (Å²) in [5, 5.41) is 6.64. The van der Waals surface area contributed by atoms with Crippen LogP contribution in [0.2, 0.25) is 0 Å². The highest BCUT2D eigenvalue weighted by molar-refractivity contribution is 6.18. The Labute approximate surface area is 326 Å². The van der Waals surface area contributed by atoms with E-state index >= 15 is 0 Å². The third-order valence-electron chi connectivity index (χ3n) is 11.2. The van der Waals surface area contributed by atoms with E-state index in [9.17, 15) is 0 Å². The Bertz CT molecular complexity index is 3410. The molecule has 4 aromatic heterocycles. The lowest BCUT2D eigenvalue weighted by Crippen LogP contribution is -2.06. The number of benzene rings is 8. The van der Waals surface area contributed by atoms with Gasteiger partial charge in [0.25, 0.3) is 0 Å². The summed E-state index contributed by atoms with van der Waals surface area (Å²) >= 11 is 0. The van der Waals surface area contributed by atoms with Crippen LogP contribution in [0.4, 0.5) is 0 Å². The largest absolute Gasteiger partial charge is 0.456 e. The Hall–Kier alpha value is -7.83. The van der Waals surface area contributed by atoms with Crippen molar-refractivity contribution in [1.29, 1.82) is 0 Å². The van der Waals surface area contributed by atoms with Crippen LogP contribution < -0.4 is 0 Å². The van der Waals surface area contributed by atoms with Gasteiger partial charge >= 0.3 is 0 Å². The molecule has 8 aromatic carbocycles. The van der Waals surface area contributed by atoms with Crippen molar-refractivity contribution >= 4 is 65.6 Å². The summed E-state index contributed by atoms with van der Waals surface area (Å²) in [6.07, 6.45) is 0. The lowest BCUT2D eigenvalue weighted by Gasteiger charge is -2.13. The zero-order valence-corrected chi connectivity index (χ0v) is 30.5. The van der Waals surface area contributed by atoms with Crippen LogP contribution in [0.5, 0.6) is 0 Å². The van der Waals surface area contributed by atoms with Crippen molar-refractivity contribution in [2.75, 3.05) is 0 Å². The van der Waals surface area contributed by atoms with Gasteiger partial charge in [0.15, 0.2) is 11.6 Å². The van der Waals surface area contributed by atoms with Gasteiger partial charge in [-0.15, -0.1) is 0 Å². The average Bonchev–Trinajstić information content (AvgIpc) is 3.95. The summed E-state index contributed by atoms with van der Waals surface area (Å²) in [5.41, 5.74) is 11.0. The van der Waals surface area contributed by atoms with Crippen LogP contribution in [0.1, 0.15) is 0 Å². The highest BCUT2D eigenvalue weighted by Crippen LogP contribution is 2.42. The number of aromatic nitrogens is 5. The highest BCUT2D eigenvalue weighted by Gasteiger charge is 2.23. The number of rotatable bonds is 5. The van der Waals surface area contributed by atoms with E-state index in [1.54, 1.807) is 0 Å². The fourth-order valence-electron chi connectivity index (χ4n) is 8.70. The molecule has 0 bridgehead atoms. The molecule has 266 valence electrons. The summed E-state index contributed by atoms with van der Waals surface area (Å²) in [4.78, 5) is 15.9. The molecule has 0 amide bonds. The number of fused-ring (bicyclic) bond motifs is 9. The molecule has 0 spiro atoms. The second-order valence-electron chi connectivity index (χ2n) is 14.4. The predicted molar refractivity (Wildman–Crippen MR) is 232 cm³/mol. The molecule has 0 aliphatic heterocycles. The number of hydrogen-bond acceptors (Lipinski definition) is 4. The first kappa shape index (κ1) is 31.5. The molecule has 12 rings (SSSR count). The minimum Gasteiger partial charge on any atom is -0.456 e. The number of hydrogen-bond donors (Lipinski definition) is 0. The quantitative estimate of drug-likeness (QED) is 0.177. The number of furan rings is 1. The molecule has 0 radical (unpaired) electrons. The standard InChI is InChI=1S/C51H31N5O/c1-2-14-32(15-3-1)33-28-30-34(31-29-33)49-52-50(54-51(53-49)56-42-23-10-6-18-37(42)38-19-7-11-24-43(38)56)39-20-12-26-45-47(39)48-44(25-13-27-46(48)57-45)55-40-21-8-4-16-35(40)36-17-5-9-22-41(36)55/h1-31H. The van der Waals surface area contributed by atoms with Crippen LogP contribution in [0.25, 0.3) is 111 Å². The third kappa shape index (κ3) is 4.81. The molecule has 0 saturated carbocycles. The van der Waals surface area contributed by atoms with Gasteiger partial charge in [-0.05, 0) is 53.6 Å². The first-order valence-electron chi connectivity index (χ1n) is 19.1. The average molecular weight is 730 g/mol. The lowest BCUT2D eigenvalue weighted by molar-refractivity contribution is 0.669. The van der Waals surface area contributed by atoms with Crippen LogP contribution in [-0.4, -0.2) is 24.1 Å². The second kappa shape index (κ2) is 12.3. The molecule has 0 saturated heterocycles. The summed E-state index contributed by atoms with van der Waals surface area (Å²) < 4.78 is 11.2. The Morgan fingerprint density at radius 1 is 0.333 bits per heavy atom. The predicted octanol–water partition coefficient (Wildman–Crippen LogP) is 13.0. The molecule has 0 atom stereocenters. The van der Waals surface area contributed by atoms with E-state index in [1.165, 1.54) is 10.8 Å². The van der Waals surface area contributed by atoms with Gasteiger partial charge in [0, 0.05) is 38.1 Å². The van der Waals surface area contributed by atoms with Crippen molar-refractivity contribution in [3.8, 4) is 45.5 Å². The van der Waals surface area contributed by atoms with E-state index in [-0.39, 0.29) is 0 Å². The maximum atomic E-state index is 6.68. The van der Waals surface area contributed by atoms with Crippen LogP contribution in [0, 0.1) is 0 Å². The monoisotopic (exact) mass is 729 g/mol. The Morgan fingerprint density at radius 2 is 0.807 bits per heavy atom. The maximum Gasteiger partial charge on any atom is 0.238 e. The molecule has 57 heavy (non-hydrogen) atoms. The SMILES string of the molecule is c1ccc(-c2ccc(-c3nc(-c4cccc5oc6cccc(-n7c8ccccc8c8ccccc87)c6c45)nc(-n4c5ccccc5c5ccccc54)n3)cc2)cc1. The molecule has 0 fully saturated rings. The van der Waals surface area contributed by atoms with Gasteiger partial charge in [-0.2, -0.15) is 9.97 Å². The first-order chi connectivity index (χ1) is 28.3. The molecular weight excluding hydrogens is 699 g/mol. The minimum atomic E-state index is 0.548. The topological polar surface area (TPSA) is 61.7 Å². The second-order valence-corrected chi connectivity index (χ2v) is 14.4. The van der Waals surface area contributed by atoms with Gasteiger partial charge in [0.1, 0.15) is 11.2 Å². The fraction of sp³-hybridized carbons (Fsp3) is 0. The van der Waals surface area contributed by atoms with Crippen molar-refractivity contribution in [3.63, 3.8) is 0 Å². The third-order valence-corrected chi connectivity index (χ3v) is 11.2. The van der Waals surface area contributed by atoms with E-state index in [0.717, 1.165) is 82.7 Å². The number of nitrogens with zero attached hydrogens (tertiary/aromatic N) is 5. The smallest absolute Gasteiger partial charge is 0.238 e. The number of para-hydroxylation sites is 4. The van der Waals surface area contributed by atoms with Gasteiger partial charge in [0.05, 0.1) is 33.1 Å². The van der Waals surface area contributed by atoms with Crippen molar-refractivity contribution in [2.45, 2.75) is 0 Å². The van der Waals surface area contributed by atoms with Crippen molar-refractivity contribution in [1.82, 2.24) is 24.1 Å². The van der Waals surface area contributed by atoms with E-state index < -0.39 is 0 Å². The Kier molecular flexibility index (Phi) is 6.83. The molecule has 4 heterocycles. The van der Waals surface area contributed by atoms with Crippen LogP contribution >= 0.6 is 0 Å². The molecule has 0 N–H and O–H groups in total. The van der Waals surface area contributed by atoms with Crippen molar-refractivity contribution in [3.05, 3.63) is 188 Å². The Balaban J connectivity index is 1.15. The fourth-order valence-corrected chi connectivity index (χ4v) is 8.70. The first-order valence-corrected chi connectivity index (χ1v) is 19.1. The van der Waals surface area contributed by atoms with Gasteiger partial charge in [0.2, 0.25) is 5.95 Å². The van der Waals surface area contributed by atoms with E-state index in [2.05, 4.69) is 173 Å². The van der Waals surface area contributed by atoms with Gasteiger partial charge in [-0.3, -0.25) is 4.57 Å². The maximum absolute atomic E-state index is 6.68. The van der Waals surface area contributed by atoms with Gasteiger partial charge in [-0.25, -0.2) is 4.98 Å². The van der Waals surface area contributed by atoms with Gasteiger partial charge in [-0.1, -0.05) is 146 Å². The van der Waals surface area contributed by atoms with Crippen molar-refractivity contribution in [2.24, 2.45) is 0 Å². The van der Waals surface area contributed by atoms with Crippen LogP contribution in [0.3, 0.4) is 0 Å². The molecule has 6 heteroatoms. The Morgan fingerprint density at radius 3 is 1.42 bits per heavy atom.